The molecule has 0 bridgehead atoms. The van der Waals surface area contributed by atoms with Crippen molar-refractivity contribution in [2.24, 2.45) is 0 Å². The molecule has 7 heteroatoms. The van der Waals surface area contributed by atoms with Crippen LogP contribution >= 0.6 is 23.4 Å². The molecule has 3 rings (SSSR count). The van der Waals surface area contributed by atoms with Crippen LogP contribution in [0.3, 0.4) is 0 Å². The van der Waals surface area contributed by atoms with Gasteiger partial charge in [0.15, 0.2) is 0 Å². The summed E-state index contributed by atoms with van der Waals surface area (Å²) in [4.78, 5) is 19.7. The van der Waals surface area contributed by atoms with Gasteiger partial charge in [-0.05, 0) is 36.4 Å². The molecule has 1 heterocycles. The predicted molar refractivity (Wildman–Crippen MR) is 108 cm³/mol. The summed E-state index contributed by atoms with van der Waals surface area (Å²) >= 11 is 7.47. The van der Waals surface area contributed by atoms with Gasteiger partial charge in [0.2, 0.25) is 11.7 Å². The number of rotatable bonds is 7. The van der Waals surface area contributed by atoms with E-state index in [0.29, 0.717) is 22.3 Å². The zero-order chi connectivity index (χ0) is 19.2. The van der Waals surface area contributed by atoms with Crippen LogP contribution in [-0.2, 0) is 6.54 Å². The molecule has 1 amide bonds. The first-order chi connectivity index (χ1) is 13.1. The summed E-state index contributed by atoms with van der Waals surface area (Å²) in [5.74, 6) is 1.46. The van der Waals surface area contributed by atoms with Gasteiger partial charge < -0.3 is 9.42 Å². The number of hydrogen-bond acceptors (Lipinski definition) is 5. The molecular formula is C20H18ClN3O2S. The van der Waals surface area contributed by atoms with Crippen molar-refractivity contribution in [3.63, 3.8) is 0 Å². The Bertz CT molecular complexity index is 940. The van der Waals surface area contributed by atoms with Gasteiger partial charge in [-0.25, -0.2) is 0 Å². The van der Waals surface area contributed by atoms with E-state index in [-0.39, 0.29) is 12.5 Å². The number of hydrogen-bond donors (Lipinski definition) is 0. The number of benzene rings is 2. The number of carbonyl (C=O) groups excluding carboxylic acids is 1. The van der Waals surface area contributed by atoms with Crippen LogP contribution in [0.5, 0.6) is 0 Å². The van der Waals surface area contributed by atoms with Crippen LogP contribution in [0.2, 0.25) is 5.02 Å². The maximum Gasteiger partial charge on any atom is 0.255 e. The highest BCUT2D eigenvalue weighted by atomic mass is 35.5. The molecule has 5 nitrogen and oxygen atoms in total. The number of halogens is 1. The first-order valence-electron chi connectivity index (χ1n) is 8.25. The Labute approximate surface area is 167 Å². The topological polar surface area (TPSA) is 59.2 Å². The van der Waals surface area contributed by atoms with Gasteiger partial charge in [-0.2, -0.15) is 4.98 Å². The molecule has 0 radical (unpaired) electrons. The minimum absolute atomic E-state index is 0.103. The second-order valence-electron chi connectivity index (χ2n) is 5.78. The van der Waals surface area contributed by atoms with E-state index in [0.717, 1.165) is 16.2 Å². The van der Waals surface area contributed by atoms with Crippen LogP contribution in [0.15, 0.2) is 70.6 Å². The van der Waals surface area contributed by atoms with E-state index in [1.54, 1.807) is 35.8 Å². The molecule has 0 fully saturated rings. The minimum atomic E-state index is -0.103. The molecule has 0 saturated carbocycles. The third-order valence-corrected chi connectivity index (χ3v) is 5.09. The lowest BCUT2D eigenvalue weighted by Gasteiger charge is -2.16. The lowest BCUT2D eigenvalue weighted by Crippen LogP contribution is -2.26. The number of nitrogens with zero attached hydrogens (tertiary/aromatic N) is 3. The van der Waals surface area contributed by atoms with E-state index >= 15 is 0 Å². The lowest BCUT2D eigenvalue weighted by molar-refractivity contribution is 0.0766. The molecule has 0 saturated heterocycles. The van der Waals surface area contributed by atoms with E-state index in [2.05, 4.69) is 16.7 Å². The van der Waals surface area contributed by atoms with Gasteiger partial charge in [0, 0.05) is 28.3 Å². The number of thioether (sulfide) groups is 1. The molecule has 1 aromatic heterocycles. The molecule has 27 heavy (non-hydrogen) atoms. The van der Waals surface area contributed by atoms with Crippen molar-refractivity contribution in [2.75, 3.05) is 12.8 Å². The Hall–Kier alpha value is -2.57. The van der Waals surface area contributed by atoms with Crippen molar-refractivity contribution < 1.29 is 9.32 Å². The monoisotopic (exact) mass is 399 g/mol. The summed E-state index contributed by atoms with van der Waals surface area (Å²) in [5.41, 5.74) is 1.44. The smallest absolute Gasteiger partial charge is 0.255 e. The molecule has 0 atom stereocenters. The highest BCUT2D eigenvalue weighted by Gasteiger charge is 2.18. The maximum absolute atomic E-state index is 12.8. The number of amides is 1. The van der Waals surface area contributed by atoms with Gasteiger partial charge in [-0.3, -0.25) is 4.79 Å². The van der Waals surface area contributed by atoms with Gasteiger partial charge in [0.1, 0.15) is 0 Å². The lowest BCUT2D eigenvalue weighted by atomic mass is 10.2. The third-order valence-electron chi connectivity index (χ3n) is 3.76. The Morgan fingerprint density at radius 2 is 2.00 bits per heavy atom. The summed E-state index contributed by atoms with van der Waals surface area (Å²) in [6.45, 7) is 3.94. The van der Waals surface area contributed by atoms with E-state index in [9.17, 15) is 4.79 Å². The second kappa shape index (κ2) is 8.88. The molecule has 0 aliphatic rings. The van der Waals surface area contributed by atoms with Crippen molar-refractivity contribution in [3.05, 3.63) is 77.7 Å². The molecular weight excluding hydrogens is 382 g/mol. The SMILES string of the molecule is C=CCSc1ccccc1C(=O)N(C)Cc1nc(-c2ccc(Cl)cc2)no1. The van der Waals surface area contributed by atoms with Crippen LogP contribution in [0.1, 0.15) is 16.2 Å². The number of aromatic nitrogens is 2. The fourth-order valence-corrected chi connectivity index (χ4v) is 3.34. The van der Waals surface area contributed by atoms with E-state index in [1.165, 1.54) is 0 Å². The van der Waals surface area contributed by atoms with Crippen molar-refractivity contribution in [2.45, 2.75) is 11.4 Å². The standard InChI is InChI=1S/C20H18ClN3O2S/c1-3-12-27-17-7-5-4-6-16(17)20(25)24(2)13-18-22-19(23-26-18)14-8-10-15(21)11-9-14/h3-11H,1,12-13H2,2H3. The van der Waals surface area contributed by atoms with E-state index in [4.69, 9.17) is 16.1 Å². The van der Waals surface area contributed by atoms with Gasteiger partial charge in [-0.1, -0.05) is 35.0 Å². The fraction of sp³-hybridized carbons (Fsp3) is 0.150. The Morgan fingerprint density at radius 1 is 1.26 bits per heavy atom. The molecule has 0 N–H and O–H groups in total. The largest absolute Gasteiger partial charge is 0.337 e. The third kappa shape index (κ3) is 4.78. The Kier molecular flexibility index (Phi) is 6.32. The normalized spacial score (nSPS) is 10.6. The van der Waals surface area contributed by atoms with Crippen LogP contribution in [0, 0.1) is 0 Å². The highest BCUT2D eigenvalue weighted by molar-refractivity contribution is 7.99. The summed E-state index contributed by atoms with van der Waals surface area (Å²) in [5, 5.41) is 4.62. The van der Waals surface area contributed by atoms with Crippen LogP contribution in [0.25, 0.3) is 11.4 Å². The molecule has 2 aromatic carbocycles. The summed E-state index contributed by atoms with van der Waals surface area (Å²) in [6, 6.07) is 14.7. The average Bonchev–Trinajstić information content (AvgIpc) is 3.15. The summed E-state index contributed by atoms with van der Waals surface area (Å²) in [6.07, 6.45) is 1.81. The van der Waals surface area contributed by atoms with Gasteiger partial charge >= 0.3 is 0 Å². The molecule has 138 valence electrons. The molecule has 3 aromatic rings. The van der Waals surface area contributed by atoms with Crippen molar-refractivity contribution in [1.82, 2.24) is 15.0 Å². The maximum atomic E-state index is 12.8. The summed E-state index contributed by atoms with van der Waals surface area (Å²) in [7, 11) is 1.71. The number of carbonyl (C=O) groups is 1. The van der Waals surface area contributed by atoms with Gasteiger partial charge in [0.05, 0.1) is 12.1 Å². The fourth-order valence-electron chi connectivity index (χ4n) is 2.43. The molecule has 0 unspecified atom stereocenters. The first-order valence-corrected chi connectivity index (χ1v) is 9.61. The Morgan fingerprint density at radius 3 is 2.74 bits per heavy atom. The first kappa shape index (κ1) is 19.2. The van der Waals surface area contributed by atoms with Crippen molar-refractivity contribution >= 4 is 29.3 Å². The zero-order valence-corrected chi connectivity index (χ0v) is 16.3. The van der Waals surface area contributed by atoms with Crippen LogP contribution in [-0.4, -0.2) is 33.7 Å². The Balaban J connectivity index is 1.72. The van der Waals surface area contributed by atoms with Gasteiger partial charge in [-0.15, -0.1) is 18.3 Å². The molecule has 0 aliphatic carbocycles. The van der Waals surface area contributed by atoms with Crippen molar-refractivity contribution in [1.29, 1.82) is 0 Å². The zero-order valence-electron chi connectivity index (χ0n) is 14.8. The van der Waals surface area contributed by atoms with E-state index in [1.807, 2.05) is 42.5 Å². The summed E-state index contributed by atoms with van der Waals surface area (Å²) < 4.78 is 5.29. The van der Waals surface area contributed by atoms with Gasteiger partial charge in [0.25, 0.3) is 5.91 Å². The minimum Gasteiger partial charge on any atom is -0.337 e. The quantitative estimate of drug-likeness (QED) is 0.416. The predicted octanol–water partition coefficient (Wildman–Crippen LogP) is 4.94. The molecule has 0 aliphatic heterocycles. The van der Waals surface area contributed by atoms with Crippen LogP contribution in [0.4, 0.5) is 0 Å². The van der Waals surface area contributed by atoms with Crippen molar-refractivity contribution in [3.8, 4) is 11.4 Å². The highest BCUT2D eigenvalue weighted by Crippen LogP contribution is 2.24. The second-order valence-corrected chi connectivity index (χ2v) is 7.27. The van der Waals surface area contributed by atoms with Crippen LogP contribution < -0.4 is 0 Å². The average molecular weight is 400 g/mol. The van der Waals surface area contributed by atoms with E-state index < -0.39 is 0 Å². The molecule has 0 spiro atoms.